The molecule has 0 aliphatic carbocycles. The first kappa shape index (κ1) is 19.9. The Kier molecular flexibility index (Phi) is 7.51. The van der Waals surface area contributed by atoms with Gasteiger partial charge in [0.2, 0.25) is 0 Å². The van der Waals surface area contributed by atoms with Crippen LogP contribution in [-0.4, -0.2) is 48.5 Å². The maximum absolute atomic E-state index is 12.2. The number of rotatable bonds is 5. The van der Waals surface area contributed by atoms with Crippen molar-refractivity contribution in [2.24, 2.45) is 5.41 Å². The molecule has 0 aromatic carbocycles. The van der Waals surface area contributed by atoms with Gasteiger partial charge >= 0.3 is 0 Å². The van der Waals surface area contributed by atoms with E-state index in [9.17, 15) is 4.79 Å². The fourth-order valence-electron chi connectivity index (χ4n) is 2.74. The van der Waals surface area contributed by atoms with Gasteiger partial charge in [-0.3, -0.25) is 9.48 Å². The number of nitrogens with zero attached hydrogens (tertiary/aromatic N) is 2. The number of carbonyl (C=O) groups excluding carboxylic acids is 1. The molecule has 1 aromatic heterocycles. The quantitative estimate of drug-likeness (QED) is 0.857. The second kappa shape index (κ2) is 8.66. The summed E-state index contributed by atoms with van der Waals surface area (Å²) < 4.78 is 7.35. The number of hydrogen-bond donors (Lipinski definition) is 2. The van der Waals surface area contributed by atoms with E-state index >= 15 is 0 Å². The Balaban J connectivity index is 0.00000264. The average molecular weight is 345 g/mol. The molecule has 2 heterocycles. The van der Waals surface area contributed by atoms with Crippen LogP contribution in [0, 0.1) is 5.41 Å². The van der Waals surface area contributed by atoms with Crippen molar-refractivity contribution in [1.29, 1.82) is 0 Å². The van der Waals surface area contributed by atoms with E-state index in [-0.39, 0.29) is 29.8 Å². The third-order valence-electron chi connectivity index (χ3n) is 4.18. The molecule has 0 spiro atoms. The second-order valence-electron chi connectivity index (χ2n) is 6.98. The number of hydrogen-bond acceptors (Lipinski definition) is 4. The molecule has 132 valence electrons. The fourth-order valence-corrected chi connectivity index (χ4v) is 2.74. The highest BCUT2D eigenvalue weighted by Crippen LogP contribution is 2.21. The minimum Gasteiger partial charge on any atom is -0.379 e. The van der Waals surface area contributed by atoms with Crippen LogP contribution in [0.25, 0.3) is 0 Å². The number of halogens is 1. The van der Waals surface area contributed by atoms with Crippen LogP contribution in [0.2, 0.25) is 0 Å². The fraction of sp³-hybridized carbons (Fsp3) is 0.750. The monoisotopic (exact) mass is 344 g/mol. The van der Waals surface area contributed by atoms with Crippen molar-refractivity contribution in [3.8, 4) is 0 Å². The maximum Gasteiger partial charge on any atom is 0.271 e. The number of nitrogens with one attached hydrogen (secondary N) is 2. The molecule has 23 heavy (non-hydrogen) atoms. The Morgan fingerprint density at radius 2 is 2.30 bits per heavy atom. The molecule has 1 saturated heterocycles. The SMILES string of the molecule is COC(CNC(=O)c1ccn(C2CCCNC2)n1)C(C)(C)C.Cl. The first-order valence-corrected chi connectivity index (χ1v) is 7.98. The summed E-state index contributed by atoms with van der Waals surface area (Å²) in [4.78, 5) is 12.2. The molecule has 1 amide bonds. The Hall–Kier alpha value is -1.11. The molecule has 0 bridgehead atoms. The van der Waals surface area contributed by atoms with Crippen LogP contribution in [0.15, 0.2) is 12.3 Å². The molecule has 1 aliphatic heterocycles. The summed E-state index contributed by atoms with van der Waals surface area (Å²) in [6, 6.07) is 2.12. The standard InChI is InChI=1S/C16H28N4O2.ClH/c1-16(2,3)14(22-4)11-18-15(21)13-7-9-20(19-13)12-6-5-8-17-10-12;/h7,9,12,14,17H,5-6,8,10-11H2,1-4H3,(H,18,21);1H. The summed E-state index contributed by atoms with van der Waals surface area (Å²) in [6.07, 6.45) is 4.11. The van der Waals surface area contributed by atoms with Crippen LogP contribution in [0.5, 0.6) is 0 Å². The van der Waals surface area contributed by atoms with Gasteiger partial charge in [-0.25, -0.2) is 0 Å². The Labute approximate surface area is 144 Å². The van der Waals surface area contributed by atoms with Crippen LogP contribution >= 0.6 is 12.4 Å². The van der Waals surface area contributed by atoms with Gasteiger partial charge in [-0.05, 0) is 30.9 Å². The second-order valence-corrected chi connectivity index (χ2v) is 6.98. The van der Waals surface area contributed by atoms with Gasteiger partial charge in [0.05, 0.1) is 12.1 Å². The van der Waals surface area contributed by atoms with E-state index in [1.807, 2.05) is 10.9 Å². The number of piperidine rings is 1. The van der Waals surface area contributed by atoms with Crippen molar-refractivity contribution in [1.82, 2.24) is 20.4 Å². The summed E-state index contributed by atoms with van der Waals surface area (Å²) in [5.41, 5.74) is 0.448. The summed E-state index contributed by atoms with van der Waals surface area (Å²) in [5, 5.41) is 10.7. The molecule has 2 N–H and O–H groups in total. The zero-order chi connectivity index (χ0) is 16.2. The molecule has 1 aromatic rings. The van der Waals surface area contributed by atoms with Crippen molar-refractivity contribution in [3.63, 3.8) is 0 Å². The number of carbonyl (C=O) groups is 1. The van der Waals surface area contributed by atoms with E-state index in [1.54, 1.807) is 13.2 Å². The highest BCUT2D eigenvalue weighted by Gasteiger charge is 2.25. The number of ether oxygens (including phenoxy) is 1. The zero-order valence-corrected chi connectivity index (χ0v) is 15.3. The van der Waals surface area contributed by atoms with Crippen molar-refractivity contribution < 1.29 is 9.53 Å². The van der Waals surface area contributed by atoms with Gasteiger partial charge in [0.25, 0.3) is 5.91 Å². The largest absolute Gasteiger partial charge is 0.379 e. The van der Waals surface area contributed by atoms with Gasteiger partial charge in [-0.2, -0.15) is 5.10 Å². The Morgan fingerprint density at radius 3 is 2.87 bits per heavy atom. The lowest BCUT2D eigenvalue weighted by molar-refractivity contribution is 0.0175. The van der Waals surface area contributed by atoms with Gasteiger partial charge in [0.15, 0.2) is 0 Å². The Bertz CT molecular complexity index is 493. The minimum atomic E-state index is -0.145. The minimum absolute atomic E-state index is 0. The average Bonchev–Trinajstić information content (AvgIpc) is 2.97. The van der Waals surface area contributed by atoms with E-state index in [0.717, 1.165) is 25.9 Å². The van der Waals surface area contributed by atoms with Gasteiger partial charge in [0, 0.05) is 26.4 Å². The van der Waals surface area contributed by atoms with Crippen LogP contribution in [-0.2, 0) is 4.74 Å². The molecule has 0 saturated carbocycles. The molecule has 1 fully saturated rings. The smallest absolute Gasteiger partial charge is 0.271 e. The zero-order valence-electron chi connectivity index (χ0n) is 14.5. The van der Waals surface area contributed by atoms with Crippen LogP contribution in [0.4, 0.5) is 0 Å². The lowest BCUT2D eigenvalue weighted by Crippen LogP contribution is -2.40. The predicted octanol–water partition coefficient (Wildman–Crippen LogP) is 2.02. The summed E-state index contributed by atoms with van der Waals surface area (Å²) in [6.45, 7) is 8.75. The van der Waals surface area contributed by atoms with Crippen molar-refractivity contribution in [2.75, 3.05) is 26.7 Å². The van der Waals surface area contributed by atoms with E-state index in [2.05, 4.69) is 36.5 Å². The molecular formula is C16H29ClN4O2. The van der Waals surface area contributed by atoms with E-state index < -0.39 is 0 Å². The number of methoxy groups -OCH3 is 1. The van der Waals surface area contributed by atoms with Crippen molar-refractivity contribution in [3.05, 3.63) is 18.0 Å². The molecule has 2 atom stereocenters. The third-order valence-corrected chi connectivity index (χ3v) is 4.18. The van der Waals surface area contributed by atoms with Gasteiger partial charge in [-0.15, -0.1) is 12.4 Å². The van der Waals surface area contributed by atoms with E-state index in [4.69, 9.17) is 4.74 Å². The maximum atomic E-state index is 12.2. The molecule has 6 nitrogen and oxygen atoms in total. The van der Waals surface area contributed by atoms with Crippen LogP contribution in [0.1, 0.15) is 50.1 Å². The number of amides is 1. The molecule has 2 unspecified atom stereocenters. The topological polar surface area (TPSA) is 68.2 Å². The predicted molar refractivity (Wildman–Crippen MR) is 93.2 cm³/mol. The van der Waals surface area contributed by atoms with E-state index in [0.29, 0.717) is 18.3 Å². The summed E-state index contributed by atoms with van der Waals surface area (Å²) in [7, 11) is 1.67. The van der Waals surface area contributed by atoms with Gasteiger partial charge in [-0.1, -0.05) is 20.8 Å². The molecule has 1 aliphatic rings. The highest BCUT2D eigenvalue weighted by atomic mass is 35.5. The first-order valence-electron chi connectivity index (χ1n) is 7.98. The van der Waals surface area contributed by atoms with Crippen molar-refractivity contribution in [2.45, 2.75) is 45.8 Å². The third kappa shape index (κ3) is 5.48. The summed E-state index contributed by atoms with van der Waals surface area (Å²) >= 11 is 0. The van der Waals surface area contributed by atoms with Crippen LogP contribution in [0.3, 0.4) is 0 Å². The van der Waals surface area contributed by atoms with Gasteiger partial charge in [0.1, 0.15) is 5.69 Å². The lowest BCUT2D eigenvalue weighted by atomic mass is 9.89. The first-order chi connectivity index (χ1) is 10.4. The molecule has 0 radical (unpaired) electrons. The van der Waals surface area contributed by atoms with E-state index in [1.165, 1.54) is 0 Å². The number of aromatic nitrogens is 2. The van der Waals surface area contributed by atoms with Gasteiger partial charge < -0.3 is 15.4 Å². The Morgan fingerprint density at radius 1 is 1.57 bits per heavy atom. The summed E-state index contributed by atoms with van der Waals surface area (Å²) in [5.74, 6) is -0.145. The highest BCUT2D eigenvalue weighted by molar-refractivity contribution is 5.92. The molecule has 7 heteroatoms. The van der Waals surface area contributed by atoms with Crippen molar-refractivity contribution >= 4 is 18.3 Å². The molecule has 2 rings (SSSR count). The lowest BCUT2D eigenvalue weighted by Gasteiger charge is -2.29. The normalized spacial score (nSPS) is 19.7. The molecular weight excluding hydrogens is 316 g/mol. The van der Waals surface area contributed by atoms with Crippen LogP contribution < -0.4 is 10.6 Å².